The van der Waals surface area contributed by atoms with Crippen LogP contribution in [0, 0.1) is 17.0 Å². The van der Waals surface area contributed by atoms with Gasteiger partial charge in [-0.05, 0) is 19.9 Å². The lowest BCUT2D eigenvalue weighted by molar-refractivity contribution is -0.385. The van der Waals surface area contributed by atoms with Crippen LogP contribution in [0.4, 0.5) is 11.4 Å². The molecule has 0 saturated heterocycles. The summed E-state index contributed by atoms with van der Waals surface area (Å²) in [5.74, 6) is 0.506. The van der Waals surface area contributed by atoms with Crippen LogP contribution in [0.5, 0.6) is 0 Å². The maximum atomic E-state index is 10.7. The topological polar surface area (TPSA) is 64.7 Å². The van der Waals surface area contributed by atoms with Gasteiger partial charge in [-0.2, -0.15) is 0 Å². The third-order valence-electron chi connectivity index (χ3n) is 2.10. The van der Waals surface area contributed by atoms with Crippen LogP contribution >= 0.6 is 0 Å². The molecule has 0 aliphatic heterocycles. The molecule has 0 aliphatic rings. The zero-order valence-corrected chi connectivity index (χ0v) is 9.56. The Labute approximate surface area is 93.9 Å². The molecule has 1 aromatic rings. The van der Waals surface area contributed by atoms with Crippen molar-refractivity contribution < 1.29 is 9.66 Å². The van der Waals surface area contributed by atoms with Gasteiger partial charge in [-0.15, -0.1) is 0 Å². The molecule has 5 nitrogen and oxygen atoms in total. The molecule has 16 heavy (non-hydrogen) atoms. The van der Waals surface area contributed by atoms with Crippen molar-refractivity contribution in [2.24, 2.45) is 4.99 Å². The molecule has 0 N–H and O–H groups in total. The number of nitro groups is 1. The fourth-order valence-electron chi connectivity index (χ4n) is 1.34. The molecule has 0 amide bonds. The van der Waals surface area contributed by atoms with Crippen LogP contribution in [0.25, 0.3) is 0 Å². The van der Waals surface area contributed by atoms with Crippen LogP contribution in [0.2, 0.25) is 0 Å². The molecule has 1 aromatic carbocycles. The lowest BCUT2D eigenvalue weighted by atomic mass is 10.1. The van der Waals surface area contributed by atoms with Gasteiger partial charge in [-0.1, -0.05) is 6.07 Å². The third kappa shape index (κ3) is 2.79. The Morgan fingerprint density at radius 2 is 2.25 bits per heavy atom. The van der Waals surface area contributed by atoms with E-state index in [0.29, 0.717) is 23.8 Å². The predicted molar refractivity (Wildman–Crippen MR) is 62.2 cm³/mol. The molecule has 0 fully saturated rings. The van der Waals surface area contributed by atoms with Crippen molar-refractivity contribution in [3.8, 4) is 0 Å². The number of hydrogen-bond donors (Lipinski definition) is 0. The number of nitrogens with zero attached hydrogens (tertiary/aromatic N) is 2. The van der Waals surface area contributed by atoms with Crippen LogP contribution < -0.4 is 0 Å². The van der Waals surface area contributed by atoms with E-state index >= 15 is 0 Å². The Morgan fingerprint density at radius 3 is 2.81 bits per heavy atom. The van der Waals surface area contributed by atoms with Crippen LogP contribution in [0.15, 0.2) is 23.2 Å². The normalized spacial score (nSPS) is 11.3. The standard InChI is InChI=1S/C11H14N2O3/c1-4-16-9(3)12-10-6-5-7-11(8(10)2)13(14)15/h5-7H,4H2,1-3H3/b12-9+. The van der Waals surface area contributed by atoms with E-state index in [1.165, 1.54) is 6.07 Å². The van der Waals surface area contributed by atoms with Gasteiger partial charge in [0.05, 0.1) is 22.8 Å². The molecule has 0 aromatic heterocycles. The average molecular weight is 222 g/mol. The minimum Gasteiger partial charge on any atom is -0.481 e. The first kappa shape index (κ1) is 12.2. The molecule has 86 valence electrons. The smallest absolute Gasteiger partial charge is 0.274 e. The van der Waals surface area contributed by atoms with Crippen molar-refractivity contribution in [1.82, 2.24) is 0 Å². The molecule has 1 rings (SSSR count). The Hall–Kier alpha value is -1.91. The number of benzene rings is 1. The summed E-state index contributed by atoms with van der Waals surface area (Å²) >= 11 is 0. The predicted octanol–water partition coefficient (Wildman–Crippen LogP) is 2.99. The lowest BCUT2D eigenvalue weighted by Crippen LogP contribution is -1.98. The highest BCUT2D eigenvalue weighted by Crippen LogP contribution is 2.27. The van der Waals surface area contributed by atoms with Crippen molar-refractivity contribution in [3.63, 3.8) is 0 Å². The van der Waals surface area contributed by atoms with E-state index in [-0.39, 0.29) is 5.69 Å². The molecule has 0 unspecified atom stereocenters. The first-order valence-corrected chi connectivity index (χ1v) is 4.98. The molecule has 0 radical (unpaired) electrons. The van der Waals surface area contributed by atoms with Gasteiger partial charge >= 0.3 is 0 Å². The zero-order chi connectivity index (χ0) is 12.1. The summed E-state index contributed by atoms with van der Waals surface area (Å²) in [7, 11) is 0. The quantitative estimate of drug-likeness (QED) is 0.342. The van der Waals surface area contributed by atoms with Gasteiger partial charge in [-0.25, -0.2) is 4.99 Å². The van der Waals surface area contributed by atoms with Crippen molar-refractivity contribution >= 4 is 17.3 Å². The van der Waals surface area contributed by atoms with Gasteiger partial charge in [-0.3, -0.25) is 10.1 Å². The Morgan fingerprint density at radius 1 is 1.56 bits per heavy atom. The number of ether oxygens (including phenoxy) is 1. The number of nitro benzene ring substituents is 1. The molecule has 0 atom stereocenters. The molecular formula is C11H14N2O3. The van der Waals surface area contributed by atoms with Crippen LogP contribution in [0.3, 0.4) is 0 Å². The molecule has 0 bridgehead atoms. The van der Waals surface area contributed by atoms with Gasteiger partial charge < -0.3 is 4.74 Å². The third-order valence-corrected chi connectivity index (χ3v) is 2.10. The van der Waals surface area contributed by atoms with E-state index in [1.54, 1.807) is 26.0 Å². The summed E-state index contributed by atoms with van der Waals surface area (Å²) in [5.41, 5.74) is 1.19. The zero-order valence-electron chi connectivity index (χ0n) is 9.56. The summed E-state index contributed by atoms with van der Waals surface area (Å²) in [5, 5.41) is 10.7. The maximum Gasteiger partial charge on any atom is 0.274 e. The molecular weight excluding hydrogens is 208 g/mol. The van der Waals surface area contributed by atoms with Crippen LogP contribution in [0.1, 0.15) is 19.4 Å². The summed E-state index contributed by atoms with van der Waals surface area (Å²) < 4.78 is 5.18. The molecule has 0 spiro atoms. The minimum absolute atomic E-state index is 0.0746. The second kappa shape index (κ2) is 5.25. The monoisotopic (exact) mass is 222 g/mol. The SMILES string of the molecule is CCO/C(C)=N/c1cccc([N+](=O)[O-])c1C. The Bertz CT molecular complexity index is 427. The fourth-order valence-corrected chi connectivity index (χ4v) is 1.34. The molecule has 0 aliphatic carbocycles. The van der Waals surface area contributed by atoms with Gasteiger partial charge in [0.1, 0.15) is 0 Å². The lowest BCUT2D eigenvalue weighted by Gasteiger charge is -2.04. The van der Waals surface area contributed by atoms with Gasteiger partial charge in [0.15, 0.2) is 5.90 Å². The minimum atomic E-state index is -0.412. The van der Waals surface area contributed by atoms with E-state index in [2.05, 4.69) is 4.99 Å². The largest absolute Gasteiger partial charge is 0.481 e. The highest BCUT2D eigenvalue weighted by molar-refractivity contribution is 5.78. The van der Waals surface area contributed by atoms with E-state index in [1.807, 2.05) is 6.92 Å². The van der Waals surface area contributed by atoms with Gasteiger partial charge in [0, 0.05) is 13.0 Å². The van der Waals surface area contributed by atoms with Crippen molar-refractivity contribution in [2.45, 2.75) is 20.8 Å². The fraction of sp³-hybridized carbons (Fsp3) is 0.364. The highest BCUT2D eigenvalue weighted by atomic mass is 16.6. The van der Waals surface area contributed by atoms with Crippen molar-refractivity contribution in [3.05, 3.63) is 33.9 Å². The van der Waals surface area contributed by atoms with E-state index < -0.39 is 4.92 Å². The molecule has 0 saturated carbocycles. The number of hydrogen-bond acceptors (Lipinski definition) is 4. The number of aliphatic imine (C=N–C) groups is 1. The van der Waals surface area contributed by atoms with Gasteiger partial charge in [0.25, 0.3) is 5.69 Å². The highest BCUT2D eigenvalue weighted by Gasteiger charge is 2.12. The van der Waals surface area contributed by atoms with Gasteiger partial charge in [0.2, 0.25) is 0 Å². The second-order valence-corrected chi connectivity index (χ2v) is 3.24. The maximum absolute atomic E-state index is 10.7. The second-order valence-electron chi connectivity index (χ2n) is 3.24. The van der Waals surface area contributed by atoms with E-state index in [4.69, 9.17) is 4.74 Å². The van der Waals surface area contributed by atoms with Crippen LogP contribution in [-0.4, -0.2) is 17.4 Å². The van der Waals surface area contributed by atoms with E-state index in [0.717, 1.165) is 0 Å². The number of rotatable bonds is 3. The van der Waals surface area contributed by atoms with Crippen LogP contribution in [-0.2, 0) is 4.74 Å². The first-order chi connectivity index (χ1) is 7.56. The molecule has 5 heteroatoms. The average Bonchev–Trinajstić information content (AvgIpc) is 2.21. The molecule has 0 heterocycles. The Balaban J connectivity index is 3.11. The first-order valence-electron chi connectivity index (χ1n) is 4.98. The van der Waals surface area contributed by atoms with Crippen molar-refractivity contribution in [2.75, 3.05) is 6.61 Å². The summed E-state index contributed by atoms with van der Waals surface area (Å²) in [6.45, 7) is 5.79. The summed E-state index contributed by atoms with van der Waals surface area (Å²) in [4.78, 5) is 14.5. The van der Waals surface area contributed by atoms with E-state index in [9.17, 15) is 10.1 Å². The summed E-state index contributed by atoms with van der Waals surface area (Å²) in [6, 6.07) is 4.80. The van der Waals surface area contributed by atoms with Crippen molar-refractivity contribution in [1.29, 1.82) is 0 Å². The summed E-state index contributed by atoms with van der Waals surface area (Å²) in [6.07, 6.45) is 0. The Kier molecular flexibility index (Phi) is 3.99.